The van der Waals surface area contributed by atoms with Crippen molar-refractivity contribution in [1.29, 1.82) is 0 Å². The molecule has 0 bridgehead atoms. The second-order valence-electron chi connectivity index (χ2n) is 5.16. The number of thiazole rings is 1. The van der Waals surface area contributed by atoms with Crippen molar-refractivity contribution < 1.29 is 9.53 Å². The molecular weight excluding hydrogens is 314 g/mol. The Morgan fingerprint density at radius 2 is 2.13 bits per heavy atom. The molecule has 1 aliphatic rings. The van der Waals surface area contributed by atoms with E-state index in [0.717, 1.165) is 23.8 Å². The maximum atomic E-state index is 12.2. The molecule has 0 radical (unpaired) electrons. The van der Waals surface area contributed by atoms with E-state index >= 15 is 0 Å². The molecule has 8 heteroatoms. The number of pyridine rings is 1. The Kier molecular flexibility index (Phi) is 4.92. The van der Waals surface area contributed by atoms with Gasteiger partial charge in [-0.25, -0.2) is 14.8 Å². The number of anilines is 1. The first-order chi connectivity index (χ1) is 11.3. The van der Waals surface area contributed by atoms with Crippen molar-refractivity contribution >= 4 is 22.5 Å². The van der Waals surface area contributed by atoms with Gasteiger partial charge in [-0.15, -0.1) is 11.3 Å². The van der Waals surface area contributed by atoms with Gasteiger partial charge in [0, 0.05) is 56.6 Å². The fourth-order valence-electron chi connectivity index (χ4n) is 2.40. The number of amides is 2. The van der Waals surface area contributed by atoms with Gasteiger partial charge in [-0.2, -0.15) is 0 Å². The topological polar surface area (TPSA) is 70.6 Å². The Morgan fingerprint density at radius 3 is 2.74 bits per heavy atom. The van der Waals surface area contributed by atoms with E-state index in [4.69, 9.17) is 4.74 Å². The van der Waals surface area contributed by atoms with Gasteiger partial charge < -0.3 is 19.9 Å². The molecular formula is C15H19N5O2S. The number of hydrogen-bond acceptors (Lipinski definition) is 6. The summed E-state index contributed by atoms with van der Waals surface area (Å²) in [6, 6.07) is 3.64. The molecule has 0 aliphatic carbocycles. The van der Waals surface area contributed by atoms with E-state index in [-0.39, 0.29) is 6.03 Å². The van der Waals surface area contributed by atoms with E-state index < -0.39 is 0 Å². The maximum Gasteiger partial charge on any atom is 0.317 e. The van der Waals surface area contributed by atoms with Gasteiger partial charge in [0.15, 0.2) is 5.13 Å². The van der Waals surface area contributed by atoms with Gasteiger partial charge in [0.1, 0.15) is 0 Å². The summed E-state index contributed by atoms with van der Waals surface area (Å²) in [5.41, 5.74) is 0.945. The number of piperazine rings is 1. The third-order valence-corrected chi connectivity index (χ3v) is 4.54. The molecule has 1 fully saturated rings. The zero-order chi connectivity index (χ0) is 16.1. The van der Waals surface area contributed by atoms with Crippen LogP contribution in [-0.4, -0.2) is 54.2 Å². The molecule has 2 aromatic heterocycles. The van der Waals surface area contributed by atoms with E-state index in [9.17, 15) is 4.79 Å². The minimum absolute atomic E-state index is 0.0420. The summed E-state index contributed by atoms with van der Waals surface area (Å²) in [6.07, 6.45) is 3.52. The van der Waals surface area contributed by atoms with Gasteiger partial charge in [-0.05, 0) is 5.56 Å². The smallest absolute Gasteiger partial charge is 0.317 e. The van der Waals surface area contributed by atoms with E-state index in [2.05, 4.69) is 20.2 Å². The highest BCUT2D eigenvalue weighted by Crippen LogP contribution is 2.18. The number of carbonyl (C=O) groups is 1. The van der Waals surface area contributed by atoms with Crippen LogP contribution in [0.3, 0.4) is 0 Å². The van der Waals surface area contributed by atoms with Crippen molar-refractivity contribution in [2.24, 2.45) is 0 Å². The molecule has 0 atom stereocenters. The molecule has 3 rings (SSSR count). The number of nitrogens with one attached hydrogen (secondary N) is 1. The SMILES string of the molecule is COc1ccc(CNC(=O)N2CCN(c3nccs3)CC2)cn1. The number of urea groups is 1. The monoisotopic (exact) mass is 333 g/mol. The minimum Gasteiger partial charge on any atom is -0.481 e. The number of methoxy groups -OCH3 is 1. The van der Waals surface area contributed by atoms with E-state index in [1.807, 2.05) is 22.5 Å². The molecule has 0 aromatic carbocycles. The van der Waals surface area contributed by atoms with Crippen molar-refractivity contribution in [2.75, 3.05) is 38.2 Å². The summed E-state index contributed by atoms with van der Waals surface area (Å²) < 4.78 is 5.02. The lowest BCUT2D eigenvalue weighted by atomic mass is 10.3. The summed E-state index contributed by atoms with van der Waals surface area (Å²) in [5, 5.41) is 5.92. The van der Waals surface area contributed by atoms with E-state index in [0.29, 0.717) is 25.5 Å². The van der Waals surface area contributed by atoms with Crippen LogP contribution in [0.1, 0.15) is 5.56 Å². The van der Waals surface area contributed by atoms with E-state index in [1.54, 1.807) is 30.7 Å². The second-order valence-corrected chi connectivity index (χ2v) is 6.03. The molecule has 3 heterocycles. The van der Waals surface area contributed by atoms with Crippen LogP contribution in [0.5, 0.6) is 5.88 Å². The summed E-state index contributed by atoms with van der Waals surface area (Å²) in [4.78, 5) is 24.7. The highest BCUT2D eigenvalue weighted by atomic mass is 32.1. The lowest BCUT2D eigenvalue weighted by molar-refractivity contribution is 0.194. The zero-order valence-corrected chi connectivity index (χ0v) is 13.8. The fraction of sp³-hybridized carbons (Fsp3) is 0.400. The Balaban J connectivity index is 1.45. The molecule has 23 heavy (non-hydrogen) atoms. The van der Waals surface area contributed by atoms with Gasteiger partial charge in [0.05, 0.1) is 7.11 Å². The molecule has 2 amide bonds. The number of nitrogens with zero attached hydrogens (tertiary/aromatic N) is 4. The zero-order valence-electron chi connectivity index (χ0n) is 12.9. The number of rotatable bonds is 4. The van der Waals surface area contributed by atoms with Crippen LogP contribution in [-0.2, 0) is 6.54 Å². The van der Waals surface area contributed by atoms with Gasteiger partial charge in [-0.1, -0.05) is 6.07 Å². The van der Waals surface area contributed by atoms with Gasteiger partial charge in [0.25, 0.3) is 0 Å². The van der Waals surface area contributed by atoms with Gasteiger partial charge in [0.2, 0.25) is 5.88 Å². The van der Waals surface area contributed by atoms with Crippen LogP contribution >= 0.6 is 11.3 Å². The standard InChI is InChI=1S/C15H19N5O2S/c1-22-13-3-2-12(10-17-13)11-18-14(21)19-5-7-20(8-6-19)15-16-4-9-23-15/h2-4,9-10H,5-8,11H2,1H3,(H,18,21). The quantitative estimate of drug-likeness (QED) is 0.920. The predicted octanol–water partition coefficient (Wildman–Crippen LogP) is 1.58. The van der Waals surface area contributed by atoms with Gasteiger partial charge >= 0.3 is 6.03 Å². The maximum absolute atomic E-state index is 12.2. The van der Waals surface area contributed by atoms with Crippen LogP contribution in [0.2, 0.25) is 0 Å². The first-order valence-electron chi connectivity index (χ1n) is 7.42. The highest BCUT2D eigenvalue weighted by Gasteiger charge is 2.22. The first kappa shape index (κ1) is 15.5. The summed E-state index contributed by atoms with van der Waals surface area (Å²) in [7, 11) is 1.58. The van der Waals surface area contributed by atoms with Crippen LogP contribution in [0.15, 0.2) is 29.9 Å². The lowest BCUT2D eigenvalue weighted by Gasteiger charge is -2.34. The number of carbonyl (C=O) groups excluding carboxylic acids is 1. The lowest BCUT2D eigenvalue weighted by Crippen LogP contribution is -2.51. The fourth-order valence-corrected chi connectivity index (χ4v) is 3.10. The molecule has 1 aliphatic heterocycles. The molecule has 122 valence electrons. The van der Waals surface area contributed by atoms with Crippen LogP contribution in [0, 0.1) is 0 Å². The number of aromatic nitrogens is 2. The van der Waals surface area contributed by atoms with Crippen molar-refractivity contribution in [3.8, 4) is 5.88 Å². The highest BCUT2D eigenvalue weighted by molar-refractivity contribution is 7.13. The van der Waals surface area contributed by atoms with Gasteiger partial charge in [-0.3, -0.25) is 0 Å². The molecule has 0 spiro atoms. The largest absolute Gasteiger partial charge is 0.481 e. The third-order valence-electron chi connectivity index (χ3n) is 3.71. The normalized spacial score (nSPS) is 14.7. The minimum atomic E-state index is -0.0420. The van der Waals surface area contributed by atoms with Crippen LogP contribution < -0.4 is 15.0 Å². The van der Waals surface area contributed by atoms with E-state index in [1.165, 1.54) is 0 Å². The summed E-state index contributed by atoms with van der Waals surface area (Å²) >= 11 is 1.63. The second kappa shape index (κ2) is 7.28. The average Bonchev–Trinajstić information content (AvgIpc) is 3.15. The van der Waals surface area contributed by atoms with Crippen molar-refractivity contribution in [1.82, 2.24) is 20.2 Å². The molecule has 1 saturated heterocycles. The molecule has 0 unspecified atom stereocenters. The van der Waals surface area contributed by atoms with Crippen LogP contribution in [0.25, 0.3) is 0 Å². The van der Waals surface area contributed by atoms with Crippen molar-refractivity contribution in [3.05, 3.63) is 35.5 Å². The number of ether oxygens (including phenoxy) is 1. The molecule has 1 N–H and O–H groups in total. The molecule has 0 saturated carbocycles. The predicted molar refractivity (Wildman–Crippen MR) is 88.9 cm³/mol. The van der Waals surface area contributed by atoms with Crippen molar-refractivity contribution in [2.45, 2.75) is 6.54 Å². The summed E-state index contributed by atoms with van der Waals surface area (Å²) in [5.74, 6) is 0.568. The van der Waals surface area contributed by atoms with Crippen LogP contribution in [0.4, 0.5) is 9.93 Å². The Bertz CT molecular complexity index is 624. The average molecular weight is 333 g/mol. The Morgan fingerprint density at radius 1 is 1.30 bits per heavy atom. The Labute approximate surface area is 138 Å². The Hall–Kier alpha value is -2.35. The molecule has 2 aromatic rings. The first-order valence-corrected chi connectivity index (χ1v) is 8.30. The summed E-state index contributed by atoms with van der Waals surface area (Å²) in [6.45, 7) is 3.48. The molecule has 7 nitrogen and oxygen atoms in total. The third kappa shape index (κ3) is 3.89. The number of hydrogen-bond donors (Lipinski definition) is 1. The van der Waals surface area contributed by atoms with Crippen molar-refractivity contribution in [3.63, 3.8) is 0 Å².